The summed E-state index contributed by atoms with van der Waals surface area (Å²) >= 11 is 0. The highest BCUT2D eigenvalue weighted by molar-refractivity contribution is 5.21. The predicted octanol–water partition coefficient (Wildman–Crippen LogP) is 2.34. The van der Waals surface area contributed by atoms with Gasteiger partial charge in [0.15, 0.2) is 0 Å². The summed E-state index contributed by atoms with van der Waals surface area (Å²) in [7, 11) is 0. The molecule has 0 spiro atoms. The Hall–Kier alpha value is -0.900. The van der Waals surface area contributed by atoms with E-state index in [4.69, 9.17) is 5.73 Å². The van der Waals surface area contributed by atoms with Gasteiger partial charge in [0, 0.05) is 12.6 Å². The van der Waals surface area contributed by atoms with Crippen LogP contribution in [-0.2, 0) is 5.60 Å². The lowest BCUT2D eigenvalue weighted by Gasteiger charge is -2.37. The van der Waals surface area contributed by atoms with Gasteiger partial charge < -0.3 is 10.8 Å². The lowest BCUT2D eigenvalue weighted by molar-refractivity contribution is -0.00159. The Balaban J connectivity index is 2.09. The molecule has 112 valence electrons. The minimum atomic E-state index is -0.807. The standard InChI is InChI=1S/C17H28N2O/c1-3-19(16-11-7-8-14(16)12-18)13-17(2,20)15-9-5-4-6-10-15/h4-6,9-10,14,16,20H,3,7-8,11-13,18H2,1-2H3. The van der Waals surface area contributed by atoms with Crippen LogP contribution in [0.25, 0.3) is 0 Å². The molecule has 20 heavy (non-hydrogen) atoms. The molecule has 1 aliphatic rings. The van der Waals surface area contributed by atoms with E-state index in [1.54, 1.807) is 0 Å². The predicted molar refractivity (Wildman–Crippen MR) is 83.4 cm³/mol. The van der Waals surface area contributed by atoms with E-state index in [1.165, 1.54) is 19.3 Å². The van der Waals surface area contributed by atoms with Gasteiger partial charge in [-0.3, -0.25) is 4.90 Å². The van der Waals surface area contributed by atoms with Crippen molar-refractivity contribution in [3.8, 4) is 0 Å². The summed E-state index contributed by atoms with van der Waals surface area (Å²) in [5.74, 6) is 0.585. The third-order valence-corrected chi connectivity index (χ3v) is 4.70. The van der Waals surface area contributed by atoms with Gasteiger partial charge >= 0.3 is 0 Å². The maximum atomic E-state index is 10.8. The highest BCUT2D eigenvalue weighted by Crippen LogP contribution is 2.31. The Kier molecular flexibility index (Phi) is 5.19. The number of aliphatic hydroxyl groups is 1. The van der Waals surface area contributed by atoms with Crippen LogP contribution < -0.4 is 5.73 Å². The van der Waals surface area contributed by atoms with Crippen molar-refractivity contribution in [2.45, 2.75) is 44.8 Å². The Morgan fingerprint density at radius 3 is 2.60 bits per heavy atom. The van der Waals surface area contributed by atoms with Gasteiger partial charge in [-0.05, 0) is 44.3 Å². The minimum absolute atomic E-state index is 0.528. The molecule has 0 radical (unpaired) electrons. The summed E-state index contributed by atoms with van der Waals surface area (Å²) in [6.45, 7) is 6.48. The number of hydrogen-bond donors (Lipinski definition) is 2. The van der Waals surface area contributed by atoms with E-state index in [0.29, 0.717) is 18.5 Å². The van der Waals surface area contributed by atoms with Crippen molar-refractivity contribution in [2.75, 3.05) is 19.6 Å². The second kappa shape index (κ2) is 6.70. The van der Waals surface area contributed by atoms with Gasteiger partial charge in [0.1, 0.15) is 0 Å². The lowest BCUT2D eigenvalue weighted by atomic mass is 9.93. The van der Waals surface area contributed by atoms with Crippen LogP contribution in [0, 0.1) is 5.92 Å². The smallest absolute Gasteiger partial charge is 0.0994 e. The zero-order chi connectivity index (χ0) is 14.6. The number of nitrogens with zero attached hydrogens (tertiary/aromatic N) is 1. The second-order valence-corrected chi connectivity index (χ2v) is 6.20. The molecule has 1 aromatic carbocycles. The summed E-state index contributed by atoms with van der Waals surface area (Å²) in [4.78, 5) is 2.41. The number of rotatable bonds is 6. The first kappa shape index (κ1) is 15.5. The zero-order valence-corrected chi connectivity index (χ0v) is 12.8. The molecule has 0 aliphatic heterocycles. The van der Waals surface area contributed by atoms with Crippen LogP contribution in [0.5, 0.6) is 0 Å². The molecule has 3 atom stereocenters. The molecule has 1 aromatic rings. The SMILES string of the molecule is CCN(CC(C)(O)c1ccccc1)C1CCCC1CN. The number of likely N-dealkylation sites (N-methyl/N-ethyl adjacent to an activating group) is 1. The summed E-state index contributed by atoms with van der Waals surface area (Å²) in [6, 6.07) is 10.5. The monoisotopic (exact) mass is 276 g/mol. The van der Waals surface area contributed by atoms with Crippen LogP contribution in [0.15, 0.2) is 30.3 Å². The van der Waals surface area contributed by atoms with Crippen molar-refractivity contribution in [3.05, 3.63) is 35.9 Å². The van der Waals surface area contributed by atoms with Crippen molar-refractivity contribution in [1.82, 2.24) is 4.90 Å². The second-order valence-electron chi connectivity index (χ2n) is 6.20. The lowest BCUT2D eigenvalue weighted by Crippen LogP contribution is -2.47. The fraction of sp³-hybridized carbons (Fsp3) is 0.647. The summed E-state index contributed by atoms with van der Waals surface area (Å²) < 4.78 is 0. The molecule has 1 saturated carbocycles. The quantitative estimate of drug-likeness (QED) is 0.838. The fourth-order valence-electron chi connectivity index (χ4n) is 3.52. The van der Waals surface area contributed by atoms with Gasteiger partial charge in [-0.25, -0.2) is 0 Å². The van der Waals surface area contributed by atoms with E-state index in [2.05, 4.69) is 11.8 Å². The number of nitrogens with two attached hydrogens (primary N) is 1. The van der Waals surface area contributed by atoms with Gasteiger partial charge in [0.2, 0.25) is 0 Å². The highest BCUT2D eigenvalue weighted by Gasteiger charge is 2.34. The Bertz CT molecular complexity index is 405. The van der Waals surface area contributed by atoms with Crippen LogP contribution in [0.1, 0.15) is 38.7 Å². The van der Waals surface area contributed by atoms with Crippen LogP contribution in [-0.4, -0.2) is 35.7 Å². The van der Waals surface area contributed by atoms with Crippen LogP contribution in [0.3, 0.4) is 0 Å². The topological polar surface area (TPSA) is 49.5 Å². The van der Waals surface area contributed by atoms with Gasteiger partial charge in [0.05, 0.1) is 5.60 Å². The van der Waals surface area contributed by atoms with Gasteiger partial charge in [-0.2, -0.15) is 0 Å². The average molecular weight is 276 g/mol. The molecule has 0 amide bonds. The molecule has 0 aromatic heterocycles. The van der Waals surface area contributed by atoms with E-state index in [9.17, 15) is 5.11 Å². The first-order chi connectivity index (χ1) is 9.58. The van der Waals surface area contributed by atoms with Crippen LogP contribution in [0.4, 0.5) is 0 Å². The Morgan fingerprint density at radius 2 is 2.00 bits per heavy atom. The maximum absolute atomic E-state index is 10.8. The van der Waals surface area contributed by atoms with Gasteiger partial charge in [0.25, 0.3) is 0 Å². The molecule has 0 heterocycles. The molecule has 3 unspecified atom stereocenters. The molecule has 3 heteroatoms. The molecule has 3 nitrogen and oxygen atoms in total. The van der Waals surface area contributed by atoms with Gasteiger partial charge in [-0.1, -0.05) is 43.7 Å². The molecule has 3 N–H and O–H groups in total. The summed E-state index contributed by atoms with van der Waals surface area (Å²) in [5, 5.41) is 10.8. The number of hydrogen-bond acceptors (Lipinski definition) is 3. The first-order valence-electron chi connectivity index (χ1n) is 7.80. The zero-order valence-electron chi connectivity index (χ0n) is 12.8. The van der Waals surface area contributed by atoms with Gasteiger partial charge in [-0.15, -0.1) is 0 Å². The highest BCUT2D eigenvalue weighted by atomic mass is 16.3. The fourth-order valence-corrected chi connectivity index (χ4v) is 3.52. The molecular weight excluding hydrogens is 248 g/mol. The van der Waals surface area contributed by atoms with Crippen LogP contribution >= 0.6 is 0 Å². The maximum Gasteiger partial charge on any atom is 0.0994 e. The van der Waals surface area contributed by atoms with E-state index >= 15 is 0 Å². The Labute approximate surface area is 122 Å². The van der Waals surface area contributed by atoms with Crippen molar-refractivity contribution >= 4 is 0 Å². The molecule has 0 bridgehead atoms. The van der Waals surface area contributed by atoms with E-state index in [1.807, 2.05) is 37.3 Å². The van der Waals surface area contributed by atoms with E-state index < -0.39 is 5.60 Å². The van der Waals surface area contributed by atoms with E-state index in [0.717, 1.165) is 18.7 Å². The normalized spacial score (nSPS) is 25.9. The molecule has 1 aliphatic carbocycles. The summed E-state index contributed by atoms with van der Waals surface area (Å²) in [6.07, 6.45) is 3.70. The summed E-state index contributed by atoms with van der Waals surface area (Å²) in [5.41, 5.74) is 6.08. The van der Waals surface area contributed by atoms with Crippen molar-refractivity contribution < 1.29 is 5.11 Å². The van der Waals surface area contributed by atoms with Crippen molar-refractivity contribution in [1.29, 1.82) is 0 Å². The van der Waals surface area contributed by atoms with Crippen molar-refractivity contribution in [2.24, 2.45) is 11.7 Å². The number of benzene rings is 1. The molecule has 2 rings (SSSR count). The van der Waals surface area contributed by atoms with Crippen LogP contribution in [0.2, 0.25) is 0 Å². The third kappa shape index (κ3) is 3.40. The largest absolute Gasteiger partial charge is 0.384 e. The average Bonchev–Trinajstić information content (AvgIpc) is 2.94. The minimum Gasteiger partial charge on any atom is -0.384 e. The van der Waals surface area contributed by atoms with Crippen molar-refractivity contribution in [3.63, 3.8) is 0 Å². The molecule has 1 fully saturated rings. The Morgan fingerprint density at radius 1 is 1.30 bits per heavy atom. The molecule has 0 saturated heterocycles. The van der Waals surface area contributed by atoms with E-state index in [-0.39, 0.29) is 0 Å². The molecular formula is C17H28N2O. The third-order valence-electron chi connectivity index (χ3n) is 4.70. The first-order valence-corrected chi connectivity index (χ1v) is 7.80.